The van der Waals surface area contributed by atoms with Crippen LogP contribution >= 0.6 is 24.0 Å². The van der Waals surface area contributed by atoms with E-state index in [1.807, 2.05) is 0 Å². The highest BCUT2D eigenvalue weighted by Gasteiger charge is 2.11. The van der Waals surface area contributed by atoms with E-state index >= 15 is 0 Å². The Hall–Kier alpha value is -2.54. The quantitative estimate of drug-likeness (QED) is 0.312. The Balaban J connectivity index is 1.82. The average molecular weight is 386 g/mol. The monoisotopic (exact) mass is 386 g/mol. The van der Waals surface area contributed by atoms with Crippen LogP contribution in [-0.4, -0.2) is 41.3 Å². The zero-order valence-corrected chi connectivity index (χ0v) is 14.2. The molecule has 0 aliphatic heterocycles. The molecule has 3 aromatic rings. The van der Waals surface area contributed by atoms with Crippen LogP contribution in [0.15, 0.2) is 22.4 Å². The number of aromatic amines is 1. The first-order chi connectivity index (χ1) is 12.0. The molecule has 8 nitrogen and oxygen atoms in total. The molecule has 0 aliphatic rings. The molecule has 1 aromatic carbocycles. The van der Waals surface area contributed by atoms with Crippen LogP contribution in [-0.2, 0) is 12.8 Å². The van der Waals surface area contributed by atoms with Crippen molar-refractivity contribution in [3.8, 4) is 0 Å². The summed E-state index contributed by atoms with van der Waals surface area (Å²) in [6.45, 7) is 0. The number of thioether (sulfide) groups is 1. The van der Waals surface area contributed by atoms with Gasteiger partial charge in [0.05, 0.1) is 12.0 Å². The van der Waals surface area contributed by atoms with E-state index in [-0.39, 0.29) is 10.3 Å². The van der Waals surface area contributed by atoms with Gasteiger partial charge in [-0.25, -0.2) is 17.9 Å². The van der Waals surface area contributed by atoms with E-state index in [0.29, 0.717) is 16.7 Å². The number of benzene rings is 1. The van der Waals surface area contributed by atoms with Gasteiger partial charge in [-0.3, -0.25) is 5.10 Å². The number of tetrazole rings is 1. The van der Waals surface area contributed by atoms with E-state index in [4.69, 9.17) is 12.2 Å². The molecule has 0 amide bonds. The minimum absolute atomic E-state index is 0.0376. The van der Waals surface area contributed by atoms with Crippen molar-refractivity contribution in [3.05, 3.63) is 45.7 Å². The van der Waals surface area contributed by atoms with Crippen molar-refractivity contribution in [1.82, 2.24) is 35.1 Å². The summed E-state index contributed by atoms with van der Waals surface area (Å²) < 4.78 is 42.4. The highest BCUT2D eigenvalue weighted by atomic mass is 32.2. The lowest BCUT2D eigenvalue weighted by Gasteiger charge is -2.01. The summed E-state index contributed by atoms with van der Waals surface area (Å²) in [5.74, 6) is -3.36. The predicted octanol–water partition coefficient (Wildman–Crippen LogP) is 2.06. The highest BCUT2D eigenvalue weighted by Crippen LogP contribution is 2.18. The molecule has 2 aromatic heterocycles. The molecular weight excluding hydrogens is 377 g/mol. The van der Waals surface area contributed by atoms with Crippen LogP contribution in [0.4, 0.5) is 13.2 Å². The van der Waals surface area contributed by atoms with Crippen LogP contribution in [0.1, 0.15) is 11.4 Å². The van der Waals surface area contributed by atoms with Gasteiger partial charge < -0.3 is 0 Å². The fourth-order valence-corrected chi connectivity index (χ4v) is 2.74. The summed E-state index contributed by atoms with van der Waals surface area (Å²) in [5.41, 5.74) is 0.0376. The molecule has 0 atom stereocenters. The van der Waals surface area contributed by atoms with Crippen molar-refractivity contribution in [2.45, 2.75) is 10.9 Å². The van der Waals surface area contributed by atoms with Gasteiger partial charge in [-0.1, -0.05) is 11.8 Å². The third kappa shape index (κ3) is 3.76. The Labute approximate surface area is 147 Å². The molecule has 0 spiro atoms. The predicted molar refractivity (Wildman–Crippen MR) is 85.1 cm³/mol. The summed E-state index contributed by atoms with van der Waals surface area (Å²) in [7, 11) is 1.69. The van der Waals surface area contributed by atoms with Crippen LogP contribution in [0, 0.1) is 22.2 Å². The summed E-state index contributed by atoms with van der Waals surface area (Å²) >= 11 is 6.37. The van der Waals surface area contributed by atoms with Crippen molar-refractivity contribution >= 4 is 30.2 Å². The summed E-state index contributed by atoms with van der Waals surface area (Å²) in [5, 5.41) is 22.2. The molecule has 0 radical (unpaired) electrons. The number of aromatic nitrogens is 7. The molecule has 0 fully saturated rings. The summed E-state index contributed by atoms with van der Waals surface area (Å²) in [6.07, 6.45) is 1.15. The molecule has 0 aliphatic carbocycles. The van der Waals surface area contributed by atoms with Gasteiger partial charge in [0.25, 0.3) is 0 Å². The van der Waals surface area contributed by atoms with E-state index in [0.717, 1.165) is 18.3 Å². The second-order valence-corrected chi connectivity index (χ2v) is 6.00. The first-order valence-electron chi connectivity index (χ1n) is 6.66. The van der Waals surface area contributed by atoms with Crippen molar-refractivity contribution in [2.75, 3.05) is 0 Å². The van der Waals surface area contributed by atoms with Crippen molar-refractivity contribution in [3.63, 3.8) is 0 Å². The smallest absolute Gasteiger partial charge is 0.216 e. The minimum Gasteiger partial charge on any atom is -0.250 e. The molecule has 3 rings (SSSR count). The van der Waals surface area contributed by atoms with E-state index in [9.17, 15) is 13.2 Å². The van der Waals surface area contributed by atoms with E-state index < -0.39 is 17.5 Å². The maximum absolute atomic E-state index is 13.2. The molecule has 2 heterocycles. The van der Waals surface area contributed by atoms with Crippen molar-refractivity contribution in [1.29, 1.82) is 0 Å². The number of hydrogen-bond acceptors (Lipinski definition) is 7. The Bertz CT molecular complexity index is 969. The number of hydrogen-bond donors (Lipinski definition) is 1. The Morgan fingerprint density at radius 2 is 2.04 bits per heavy atom. The van der Waals surface area contributed by atoms with E-state index in [1.54, 1.807) is 7.05 Å². The number of halogens is 3. The molecule has 0 unspecified atom stereocenters. The van der Waals surface area contributed by atoms with Crippen LogP contribution in [0.5, 0.6) is 0 Å². The van der Waals surface area contributed by atoms with Gasteiger partial charge in [-0.05, 0) is 34.8 Å². The molecular formula is C12H9F3N8S2. The summed E-state index contributed by atoms with van der Waals surface area (Å²) in [4.78, 5) is 0. The van der Waals surface area contributed by atoms with Gasteiger partial charge in [0.1, 0.15) is 0 Å². The zero-order valence-electron chi connectivity index (χ0n) is 12.5. The third-order valence-corrected chi connectivity index (χ3v) is 4.23. The Morgan fingerprint density at radius 1 is 1.32 bits per heavy atom. The molecule has 0 saturated heterocycles. The average Bonchev–Trinajstić information content (AvgIpc) is 3.14. The van der Waals surface area contributed by atoms with Crippen LogP contribution in [0.2, 0.25) is 0 Å². The SMILES string of the molecule is Cn1nnnc1SCc1n[nH]c(=S)n1/N=C/c1cc(F)c(F)c(F)c1. The normalized spacial score (nSPS) is 11.5. The molecule has 0 bridgehead atoms. The third-order valence-electron chi connectivity index (χ3n) is 2.96. The summed E-state index contributed by atoms with van der Waals surface area (Å²) in [6, 6.07) is 1.65. The van der Waals surface area contributed by atoms with Gasteiger partial charge in [-0.15, -0.1) is 5.10 Å². The standard InChI is InChI=1S/C12H9F3N8S2/c1-22-12(19-20-21-22)25-5-9-17-18-11(24)23(9)16-4-6-2-7(13)10(15)8(14)3-6/h2-4H,5H2,1H3,(H,18,24)/b16-4+. The zero-order chi connectivity index (χ0) is 18.0. The van der Waals surface area contributed by atoms with Gasteiger partial charge in [0, 0.05) is 12.6 Å². The van der Waals surface area contributed by atoms with Gasteiger partial charge in [0.2, 0.25) is 9.93 Å². The highest BCUT2D eigenvalue weighted by molar-refractivity contribution is 7.98. The molecule has 130 valence electrons. The largest absolute Gasteiger partial charge is 0.250 e. The topological polar surface area (TPSA) is 89.6 Å². The van der Waals surface area contributed by atoms with E-state index in [2.05, 4.69) is 30.8 Å². The fraction of sp³-hybridized carbons (Fsp3) is 0.167. The van der Waals surface area contributed by atoms with Gasteiger partial charge in [0.15, 0.2) is 23.3 Å². The number of H-pyrrole nitrogens is 1. The number of nitrogens with one attached hydrogen (secondary N) is 1. The van der Waals surface area contributed by atoms with Crippen molar-refractivity contribution in [2.24, 2.45) is 12.1 Å². The second-order valence-electron chi connectivity index (χ2n) is 4.67. The fourth-order valence-electron chi connectivity index (χ4n) is 1.78. The minimum atomic E-state index is -1.54. The number of nitrogens with zero attached hydrogens (tertiary/aromatic N) is 7. The molecule has 0 saturated carbocycles. The van der Waals surface area contributed by atoms with E-state index in [1.165, 1.54) is 21.1 Å². The Morgan fingerprint density at radius 3 is 2.68 bits per heavy atom. The lowest BCUT2D eigenvalue weighted by molar-refractivity contribution is 0.447. The van der Waals surface area contributed by atoms with Crippen LogP contribution < -0.4 is 0 Å². The molecule has 1 N–H and O–H groups in total. The lowest BCUT2D eigenvalue weighted by Crippen LogP contribution is -2.00. The maximum Gasteiger partial charge on any atom is 0.216 e. The van der Waals surface area contributed by atoms with Crippen LogP contribution in [0.3, 0.4) is 0 Å². The first-order valence-corrected chi connectivity index (χ1v) is 8.05. The van der Waals surface area contributed by atoms with Gasteiger partial charge in [-0.2, -0.15) is 14.9 Å². The second kappa shape index (κ2) is 7.14. The van der Waals surface area contributed by atoms with Gasteiger partial charge >= 0.3 is 0 Å². The van der Waals surface area contributed by atoms with Crippen molar-refractivity contribution < 1.29 is 13.2 Å². The Kier molecular flexibility index (Phi) is 4.94. The molecule has 25 heavy (non-hydrogen) atoms. The van der Waals surface area contributed by atoms with Crippen LogP contribution in [0.25, 0.3) is 0 Å². The lowest BCUT2D eigenvalue weighted by atomic mass is 10.2. The first kappa shape index (κ1) is 17.3. The number of rotatable bonds is 5. The molecule has 13 heteroatoms. The maximum atomic E-state index is 13.2. The number of aryl methyl sites for hydroxylation is 1.